The third kappa shape index (κ3) is 2.90. The summed E-state index contributed by atoms with van der Waals surface area (Å²) in [5, 5.41) is 5.11. The molecule has 2 heterocycles. The zero-order valence-electron chi connectivity index (χ0n) is 7.58. The Hall–Kier alpha value is -0.650. The van der Waals surface area contributed by atoms with E-state index in [1.807, 2.05) is 11.4 Å². The molecule has 15 heavy (non-hydrogen) atoms. The molecule has 0 amide bonds. The van der Waals surface area contributed by atoms with Gasteiger partial charge in [0, 0.05) is 12.1 Å². The van der Waals surface area contributed by atoms with Crippen LogP contribution in [0.15, 0.2) is 28.4 Å². The van der Waals surface area contributed by atoms with Gasteiger partial charge in [0.2, 0.25) is 0 Å². The van der Waals surface area contributed by atoms with Gasteiger partial charge in [-0.25, -0.2) is 9.97 Å². The van der Waals surface area contributed by atoms with E-state index in [2.05, 4.69) is 31.2 Å². The van der Waals surface area contributed by atoms with Gasteiger partial charge in [0.05, 0.1) is 16.7 Å². The molecule has 0 aliphatic carbocycles. The molecule has 0 unspecified atom stereocenters. The Morgan fingerprint density at radius 2 is 2.27 bits per heavy atom. The number of aromatic nitrogens is 2. The third-order valence-electron chi connectivity index (χ3n) is 1.77. The maximum atomic E-state index is 5.97. The quantitative estimate of drug-likeness (QED) is 0.942. The topological polar surface area (TPSA) is 37.8 Å². The van der Waals surface area contributed by atoms with Crippen LogP contribution in [-0.2, 0) is 6.54 Å². The highest BCUT2D eigenvalue weighted by Gasteiger charge is 2.01. The standard InChI is InChI=1S/C9H7BrClN3S/c10-7-4-14-8(5-12-7)13-3-6-1-2-15-9(6)11/h1-2,4-5H,3H2,(H,13,14). The summed E-state index contributed by atoms with van der Waals surface area (Å²) in [6, 6.07) is 1.99. The number of nitrogens with zero attached hydrogens (tertiary/aromatic N) is 2. The summed E-state index contributed by atoms with van der Waals surface area (Å²) in [6.07, 6.45) is 3.32. The number of hydrogen-bond acceptors (Lipinski definition) is 4. The van der Waals surface area contributed by atoms with E-state index in [4.69, 9.17) is 11.6 Å². The summed E-state index contributed by atoms with van der Waals surface area (Å²) in [7, 11) is 0. The molecule has 0 saturated carbocycles. The average Bonchev–Trinajstić information content (AvgIpc) is 2.63. The van der Waals surface area contributed by atoms with Crippen LogP contribution in [-0.4, -0.2) is 9.97 Å². The van der Waals surface area contributed by atoms with E-state index in [9.17, 15) is 0 Å². The van der Waals surface area contributed by atoms with E-state index in [1.165, 1.54) is 11.3 Å². The number of halogens is 2. The number of anilines is 1. The highest BCUT2D eigenvalue weighted by Crippen LogP contribution is 2.23. The second-order valence-corrected chi connectivity index (χ2v) is 5.13. The molecule has 0 radical (unpaired) electrons. The van der Waals surface area contributed by atoms with Crippen LogP contribution < -0.4 is 5.32 Å². The maximum absolute atomic E-state index is 5.97. The minimum absolute atomic E-state index is 0.665. The summed E-state index contributed by atoms with van der Waals surface area (Å²) in [6.45, 7) is 0.665. The van der Waals surface area contributed by atoms with Crippen LogP contribution in [0, 0.1) is 0 Å². The molecular weight excluding hydrogens is 298 g/mol. The molecule has 0 saturated heterocycles. The molecule has 3 nitrogen and oxygen atoms in total. The zero-order chi connectivity index (χ0) is 10.7. The first kappa shape index (κ1) is 10.9. The summed E-state index contributed by atoms with van der Waals surface area (Å²) >= 11 is 10.7. The fourth-order valence-electron chi connectivity index (χ4n) is 1.03. The summed E-state index contributed by atoms with van der Waals surface area (Å²) in [5.74, 6) is 0.737. The molecule has 0 aliphatic rings. The van der Waals surface area contributed by atoms with Crippen LogP contribution in [0.25, 0.3) is 0 Å². The van der Waals surface area contributed by atoms with E-state index < -0.39 is 0 Å². The van der Waals surface area contributed by atoms with Crippen molar-refractivity contribution in [1.29, 1.82) is 0 Å². The molecule has 0 spiro atoms. The summed E-state index contributed by atoms with van der Waals surface area (Å²) in [4.78, 5) is 8.21. The maximum Gasteiger partial charge on any atom is 0.144 e. The van der Waals surface area contributed by atoms with Crippen LogP contribution in [0.2, 0.25) is 4.34 Å². The smallest absolute Gasteiger partial charge is 0.144 e. The van der Waals surface area contributed by atoms with Crippen molar-refractivity contribution >= 4 is 44.7 Å². The largest absolute Gasteiger partial charge is 0.365 e. The van der Waals surface area contributed by atoms with Crippen molar-refractivity contribution < 1.29 is 0 Å². The van der Waals surface area contributed by atoms with Gasteiger partial charge in [-0.15, -0.1) is 11.3 Å². The molecule has 2 rings (SSSR count). The van der Waals surface area contributed by atoms with Gasteiger partial charge in [0.15, 0.2) is 0 Å². The predicted octanol–water partition coefficient (Wildman–Crippen LogP) is 3.57. The molecule has 2 aromatic heterocycles. The molecule has 6 heteroatoms. The Balaban J connectivity index is 1.99. The molecule has 2 aromatic rings. The van der Waals surface area contributed by atoms with Crippen molar-refractivity contribution in [2.75, 3.05) is 5.32 Å². The molecule has 0 atom stereocenters. The van der Waals surface area contributed by atoms with E-state index >= 15 is 0 Å². The molecule has 0 aromatic carbocycles. The third-order valence-corrected chi connectivity index (χ3v) is 3.43. The normalized spacial score (nSPS) is 10.3. The molecule has 1 N–H and O–H groups in total. The predicted molar refractivity (Wildman–Crippen MR) is 66.4 cm³/mol. The van der Waals surface area contributed by atoms with Crippen molar-refractivity contribution in [3.8, 4) is 0 Å². The monoisotopic (exact) mass is 303 g/mol. The molecule has 0 bridgehead atoms. The van der Waals surface area contributed by atoms with Crippen molar-refractivity contribution in [3.63, 3.8) is 0 Å². The Labute approximate surface area is 105 Å². The van der Waals surface area contributed by atoms with E-state index in [-0.39, 0.29) is 0 Å². The van der Waals surface area contributed by atoms with Crippen LogP contribution in [0.4, 0.5) is 5.82 Å². The van der Waals surface area contributed by atoms with Crippen molar-refractivity contribution in [1.82, 2.24) is 9.97 Å². The Bertz CT molecular complexity index is 443. The van der Waals surface area contributed by atoms with Crippen LogP contribution >= 0.6 is 38.9 Å². The van der Waals surface area contributed by atoms with Gasteiger partial charge in [-0.3, -0.25) is 0 Å². The highest BCUT2D eigenvalue weighted by molar-refractivity contribution is 9.10. The Morgan fingerprint density at radius 1 is 1.40 bits per heavy atom. The average molecular weight is 305 g/mol. The van der Waals surface area contributed by atoms with Gasteiger partial charge < -0.3 is 5.32 Å². The number of hydrogen-bond donors (Lipinski definition) is 1. The second-order valence-electron chi connectivity index (χ2n) is 2.80. The zero-order valence-corrected chi connectivity index (χ0v) is 10.7. The van der Waals surface area contributed by atoms with Gasteiger partial charge in [0.1, 0.15) is 10.4 Å². The first-order chi connectivity index (χ1) is 7.25. The number of nitrogens with one attached hydrogen (secondary N) is 1. The van der Waals surface area contributed by atoms with E-state index in [1.54, 1.807) is 12.4 Å². The minimum Gasteiger partial charge on any atom is -0.365 e. The SMILES string of the molecule is Clc1sccc1CNc1cnc(Br)cn1. The molecular formula is C9H7BrClN3S. The van der Waals surface area contributed by atoms with Gasteiger partial charge in [0.25, 0.3) is 0 Å². The van der Waals surface area contributed by atoms with Crippen molar-refractivity contribution in [2.24, 2.45) is 0 Å². The van der Waals surface area contributed by atoms with Crippen LogP contribution in [0.5, 0.6) is 0 Å². The summed E-state index contributed by atoms with van der Waals surface area (Å²) < 4.78 is 1.54. The lowest BCUT2D eigenvalue weighted by Crippen LogP contribution is -2.00. The van der Waals surface area contributed by atoms with Crippen molar-refractivity contribution in [2.45, 2.75) is 6.54 Å². The highest BCUT2D eigenvalue weighted by atomic mass is 79.9. The van der Waals surface area contributed by atoms with Gasteiger partial charge in [-0.05, 0) is 27.4 Å². The second kappa shape index (κ2) is 4.92. The Morgan fingerprint density at radius 3 is 2.87 bits per heavy atom. The van der Waals surface area contributed by atoms with E-state index in [0.717, 1.165) is 20.3 Å². The lowest BCUT2D eigenvalue weighted by molar-refractivity contribution is 1.08. The van der Waals surface area contributed by atoms with Crippen LogP contribution in [0.1, 0.15) is 5.56 Å². The lowest BCUT2D eigenvalue weighted by Gasteiger charge is -2.03. The molecule has 0 aliphatic heterocycles. The van der Waals surface area contributed by atoms with Gasteiger partial charge >= 0.3 is 0 Å². The number of rotatable bonds is 3. The van der Waals surface area contributed by atoms with Crippen LogP contribution in [0.3, 0.4) is 0 Å². The van der Waals surface area contributed by atoms with Gasteiger partial charge in [-0.1, -0.05) is 11.6 Å². The number of thiophene rings is 1. The summed E-state index contributed by atoms with van der Waals surface area (Å²) in [5.41, 5.74) is 1.08. The first-order valence-corrected chi connectivity index (χ1v) is 6.24. The first-order valence-electron chi connectivity index (χ1n) is 4.19. The van der Waals surface area contributed by atoms with E-state index in [0.29, 0.717) is 6.54 Å². The molecule has 78 valence electrons. The fourth-order valence-corrected chi connectivity index (χ4v) is 2.17. The van der Waals surface area contributed by atoms with Crippen molar-refractivity contribution in [3.05, 3.63) is 38.3 Å². The minimum atomic E-state index is 0.665. The fraction of sp³-hybridized carbons (Fsp3) is 0.111. The lowest BCUT2D eigenvalue weighted by atomic mass is 10.3. The van der Waals surface area contributed by atoms with Gasteiger partial charge in [-0.2, -0.15) is 0 Å². The Kier molecular flexibility index (Phi) is 3.56. The molecule has 0 fully saturated rings.